The molecule has 2 saturated heterocycles. The van der Waals surface area contributed by atoms with Crippen LogP contribution in [0.3, 0.4) is 0 Å². The van der Waals surface area contributed by atoms with E-state index in [-0.39, 0.29) is 29.5 Å². The third-order valence-corrected chi connectivity index (χ3v) is 8.59. The molecular weight excluding hydrogens is 424 g/mol. The van der Waals surface area contributed by atoms with Crippen molar-refractivity contribution in [1.82, 2.24) is 9.21 Å². The fourth-order valence-electron chi connectivity index (χ4n) is 5.05. The third-order valence-electron chi connectivity index (χ3n) is 6.71. The van der Waals surface area contributed by atoms with Crippen molar-refractivity contribution < 1.29 is 18.3 Å². The number of methoxy groups -OCH3 is 1. The van der Waals surface area contributed by atoms with Gasteiger partial charge < -0.3 is 9.84 Å². The molecule has 2 heterocycles. The van der Waals surface area contributed by atoms with Gasteiger partial charge in [-0.1, -0.05) is 36.4 Å². The van der Waals surface area contributed by atoms with Gasteiger partial charge in [0.25, 0.3) is 0 Å². The summed E-state index contributed by atoms with van der Waals surface area (Å²) in [7, 11) is -2.05. The summed E-state index contributed by atoms with van der Waals surface area (Å²) < 4.78 is 33.7. The maximum absolute atomic E-state index is 13.4. The zero-order valence-corrected chi connectivity index (χ0v) is 19.5. The predicted molar refractivity (Wildman–Crippen MR) is 126 cm³/mol. The van der Waals surface area contributed by atoms with E-state index in [0.29, 0.717) is 18.8 Å². The molecule has 32 heavy (non-hydrogen) atoms. The number of sulfonamides is 1. The molecule has 0 aliphatic carbocycles. The SMILES string of the molecule is CC=Cc1ccc([C@H]2[C@@H](CO)N3CCCCN(S(=O)(=O)c4ccc(OC)cc4)C[C@@H]23)cc1. The lowest BCUT2D eigenvalue weighted by Gasteiger charge is -2.57. The highest BCUT2D eigenvalue weighted by atomic mass is 32.2. The van der Waals surface area contributed by atoms with E-state index in [1.54, 1.807) is 35.7 Å². The van der Waals surface area contributed by atoms with Gasteiger partial charge in [-0.05, 0) is 61.7 Å². The summed E-state index contributed by atoms with van der Waals surface area (Å²) in [5, 5.41) is 10.1. The molecule has 0 aromatic heterocycles. The van der Waals surface area contributed by atoms with E-state index in [0.717, 1.165) is 30.5 Å². The molecule has 2 aromatic rings. The second-order valence-electron chi connectivity index (χ2n) is 8.49. The quantitative estimate of drug-likeness (QED) is 0.722. The number of hydrogen-bond acceptors (Lipinski definition) is 5. The molecule has 3 atom stereocenters. The average Bonchev–Trinajstić information content (AvgIpc) is 2.79. The number of ether oxygens (including phenoxy) is 1. The molecule has 0 radical (unpaired) electrons. The van der Waals surface area contributed by atoms with Crippen LogP contribution >= 0.6 is 0 Å². The number of aliphatic hydroxyl groups is 1. The molecule has 172 valence electrons. The smallest absolute Gasteiger partial charge is 0.243 e. The van der Waals surface area contributed by atoms with Crippen LogP contribution < -0.4 is 4.74 Å². The van der Waals surface area contributed by atoms with E-state index >= 15 is 0 Å². The summed E-state index contributed by atoms with van der Waals surface area (Å²) in [4.78, 5) is 2.58. The van der Waals surface area contributed by atoms with Crippen molar-refractivity contribution in [3.05, 3.63) is 65.7 Å². The van der Waals surface area contributed by atoms with Gasteiger partial charge in [0.15, 0.2) is 0 Å². The van der Waals surface area contributed by atoms with Crippen LogP contribution in [-0.2, 0) is 10.0 Å². The Balaban J connectivity index is 1.61. The highest BCUT2D eigenvalue weighted by Crippen LogP contribution is 2.42. The van der Waals surface area contributed by atoms with Gasteiger partial charge in [-0.2, -0.15) is 4.31 Å². The Morgan fingerprint density at radius 2 is 1.75 bits per heavy atom. The first-order valence-corrected chi connectivity index (χ1v) is 12.7. The molecule has 0 saturated carbocycles. The van der Waals surface area contributed by atoms with Gasteiger partial charge >= 0.3 is 0 Å². The van der Waals surface area contributed by atoms with Crippen LogP contribution in [0.5, 0.6) is 5.75 Å². The number of rotatable bonds is 6. The normalized spacial score (nSPS) is 25.0. The largest absolute Gasteiger partial charge is 0.497 e. The Hall–Kier alpha value is -2.19. The molecule has 0 unspecified atom stereocenters. The molecule has 0 amide bonds. The number of nitrogens with zero attached hydrogens (tertiary/aromatic N) is 2. The highest BCUT2D eigenvalue weighted by Gasteiger charge is 2.50. The van der Waals surface area contributed by atoms with Crippen LogP contribution in [0.4, 0.5) is 0 Å². The van der Waals surface area contributed by atoms with Gasteiger partial charge in [-0.15, -0.1) is 0 Å². The Kier molecular flexibility index (Phi) is 7.00. The van der Waals surface area contributed by atoms with E-state index in [2.05, 4.69) is 35.2 Å². The second-order valence-corrected chi connectivity index (χ2v) is 10.4. The lowest BCUT2D eigenvalue weighted by molar-refractivity contribution is -0.0553. The molecule has 0 bridgehead atoms. The fraction of sp³-hybridized carbons (Fsp3) is 0.440. The van der Waals surface area contributed by atoms with Crippen molar-refractivity contribution in [2.24, 2.45) is 0 Å². The van der Waals surface area contributed by atoms with Gasteiger partial charge in [0.05, 0.1) is 18.6 Å². The van der Waals surface area contributed by atoms with Gasteiger partial charge in [0, 0.05) is 31.1 Å². The van der Waals surface area contributed by atoms with E-state index < -0.39 is 10.0 Å². The minimum atomic E-state index is -3.61. The zero-order valence-electron chi connectivity index (χ0n) is 18.7. The minimum absolute atomic E-state index is 0.0243. The van der Waals surface area contributed by atoms with Crippen molar-refractivity contribution in [3.8, 4) is 5.75 Å². The molecule has 2 aromatic carbocycles. The maximum Gasteiger partial charge on any atom is 0.243 e. The van der Waals surface area contributed by atoms with Crippen LogP contribution in [0.25, 0.3) is 6.08 Å². The molecule has 0 spiro atoms. The second kappa shape index (κ2) is 9.75. The standard InChI is InChI=1S/C25H32N2O4S/c1-3-6-19-7-9-20(10-8-19)25-23-17-26(15-4-5-16-27(23)24(25)18-28)32(29,30)22-13-11-21(31-2)12-14-22/h3,6-14,23-25,28H,4-5,15-18H2,1-2H3/t23-,24+,25+/m0/s1. The van der Waals surface area contributed by atoms with Crippen molar-refractivity contribution in [1.29, 1.82) is 0 Å². The summed E-state index contributed by atoms with van der Waals surface area (Å²) in [5.41, 5.74) is 2.29. The highest BCUT2D eigenvalue weighted by molar-refractivity contribution is 7.89. The van der Waals surface area contributed by atoms with Gasteiger partial charge in [-0.3, -0.25) is 4.90 Å². The molecular formula is C25H32N2O4S. The van der Waals surface area contributed by atoms with E-state index in [4.69, 9.17) is 4.74 Å². The third kappa shape index (κ3) is 4.35. The molecule has 6 nitrogen and oxygen atoms in total. The number of fused-ring (bicyclic) bond motifs is 1. The summed E-state index contributed by atoms with van der Waals surface area (Å²) in [5.74, 6) is 0.736. The average molecular weight is 457 g/mol. The number of hydrogen-bond donors (Lipinski definition) is 1. The van der Waals surface area contributed by atoms with E-state index in [1.807, 2.05) is 13.0 Å². The van der Waals surface area contributed by atoms with Gasteiger partial charge in [0.1, 0.15) is 5.75 Å². The van der Waals surface area contributed by atoms with Gasteiger partial charge in [0.2, 0.25) is 10.0 Å². The molecule has 1 N–H and O–H groups in total. The lowest BCUT2D eigenvalue weighted by atomic mass is 9.74. The predicted octanol–water partition coefficient (Wildman–Crippen LogP) is 3.34. The zero-order chi connectivity index (χ0) is 22.7. The molecule has 2 aliphatic heterocycles. The van der Waals surface area contributed by atoms with Crippen LogP contribution in [0.2, 0.25) is 0 Å². The number of aliphatic hydroxyl groups excluding tert-OH is 1. The first-order chi connectivity index (χ1) is 15.5. The fourth-order valence-corrected chi connectivity index (χ4v) is 6.54. The minimum Gasteiger partial charge on any atom is -0.497 e. The van der Waals surface area contributed by atoms with Crippen molar-refractivity contribution in [3.63, 3.8) is 0 Å². The molecule has 2 aliphatic rings. The summed E-state index contributed by atoms with van der Waals surface area (Å²) in [6.07, 6.45) is 5.78. The molecule has 4 rings (SSSR count). The first-order valence-electron chi connectivity index (χ1n) is 11.2. The van der Waals surface area contributed by atoms with Gasteiger partial charge in [-0.25, -0.2) is 8.42 Å². The van der Waals surface area contributed by atoms with Crippen LogP contribution in [-0.4, -0.2) is 68.2 Å². The van der Waals surface area contributed by atoms with Crippen molar-refractivity contribution in [2.45, 2.75) is 42.7 Å². The van der Waals surface area contributed by atoms with Crippen LogP contribution in [0, 0.1) is 0 Å². The Labute approximate surface area is 191 Å². The Morgan fingerprint density at radius 3 is 2.38 bits per heavy atom. The topological polar surface area (TPSA) is 70.1 Å². The Bertz CT molecular complexity index is 1030. The lowest BCUT2D eigenvalue weighted by Crippen LogP contribution is -2.67. The summed E-state index contributed by atoms with van der Waals surface area (Å²) >= 11 is 0. The molecule has 7 heteroatoms. The maximum atomic E-state index is 13.4. The molecule has 2 fully saturated rings. The van der Waals surface area contributed by atoms with Crippen molar-refractivity contribution in [2.75, 3.05) is 33.4 Å². The van der Waals surface area contributed by atoms with Crippen LogP contribution in [0.1, 0.15) is 36.8 Å². The summed E-state index contributed by atoms with van der Waals surface area (Å²) in [6.45, 7) is 3.88. The van der Waals surface area contributed by atoms with E-state index in [1.165, 1.54) is 0 Å². The monoisotopic (exact) mass is 456 g/mol. The van der Waals surface area contributed by atoms with E-state index in [9.17, 15) is 13.5 Å². The summed E-state index contributed by atoms with van der Waals surface area (Å²) in [6, 6.07) is 15.1. The number of benzene rings is 2. The first kappa shape index (κ1) is 23.0. The number of allylic oxidation sites excluding steroid dienone is 1. The Morgan fingerprint density at radius 1 is 1.06 bits per heavy atom. The van der Waals surface area contributed by atoms with Crippen LogP contribution in [0.15, 0.2) is 59.5 Å². The van der Waals surface area contributed by atoms with Crippen molar-refractivity contribution >= 4 is 16.1 Å².